The SMILES string of the molecule is COC(=O)C(C)CC(=O)c1ccc([N+](=O)[O-])s1. The van der Waals surface area contributed by atoms with Gasteiger partial charge in [0.25, 0.3) is 0 Å². The molecule has 1 rings (SSSR count). The minimum atomic E-state index is -0.550. The highest BCUT2D eigenvalue weighted by atomic mass is 32.1. The zero-order valence-electron chi connectivity index (χ0n) is 9.34. The van der Waals surface area contributed by atoms with E-state index in [0.717, 1.165) is 11.3 Å². The van der Waals surface area contributed by atoms with Gasteiger partial charge in [-0.2, -0.15) is 0 Å². The first-order valence-electron chi connectivity index (χ1n) is 4.81. The van der Waals surface area contributed by atoms with Gasteiger partial charge in [0.1, 0.15) is 0 Å². The third-order valence-corrected chi connectivity index (χ3v) is 3.22. The predicted octanol–water partition coefficient (Wildman–Crippen LogP) is 2.04. The maximum atomic E-state index is 11.7. The maximum Gasteiger partial charge on any atom is 0.324 e. The normalized spacial score (nSPS) is 11.9. The molecule has 0 aliphatic heterocycles. The standard InChI is InChI=1S/C10H11NO5S/c1-6(10(13)16-2)5-7(12)8-3-4-9(17-8)11(14)15/h3-4,6H,5H2,1-2H3. The molecule has 0 saturated carbocycles. The molecule has 17 heavy (non-hydrogen) atoms. The molecule has 0 saturated heterocycles. The summed E-state index contributed by atoms with van der Waals surface area (Å²) in [5.74, 6) is -1.31. The van der Waals surface area contributed by atoms with Crippen molar-refractivity contribution in [3.63, 3.8) is 0 Å². The summed E-state index contributed by atoms with van der Waals surface area (Å²) < 4.78 is 4.50. The largest absolute Gasteiger partial charge is 0.469 e. The third kappa shape index (κ3) is 3.35. The first kappa shape index (κ1) is 13.3. The number of hydrogen-bond donors (Lipinski definition) is 0. The first-order valence-corrected chi connectivity index (χ1v) is 5.62. The molecule has 0 aliphatic carbocycles. The number of Topliss-reactive ketones (excluding diaryl/α,β-unsaturated/α-hetero) is 1. The smallest absolute Gasteiger partial charge is 0.324 e. The highest BCUT2D eigenvalue weighted by Crippen LogP contribution is 2.25. The Balaban J connectivity index is 2.70. The molecule has 0 aromatic carbocycles. The molecule has 0 amide bonds. The Hall–Kier alpha value is -1.76. The van der Waals surface area contributed by atoms with Crippen LogP contribution in [0.5, 0.6) is 0 Å². The number of nitrogens with zero attached hydrogens (tertiary/aromatic N) is 1. The van der Waals surface area contributed by atoms with Gasteiger partial charge in [-0.25, -0.2) is 0 Å². The minimum Gasteiger partial charge on any atom is -0.469 e. The van der Waals surface area contributed by atoms with Gasteiger partial charge in [0.15, 0.2) is 5.78 Å². The van der Waals surface area contributed by atoms with Gasteiger partial charge < -0.3 is 4.74 Å². The number of hydrogen-bond acceptors (Lipinski definition) is 6. The van der Waals surface area contributed by atoms with E-state index in [9.17, 15) is 19.7 Å². The second kappa shape index (κ2) is 5.53. The van der Waals surface area contributed by atoms with Gasteiger partial charge in [0.2, 0.25) is 0 Å². The lowest BCUT2D eigenvalue weighted by atomic mass is 10.0. The first-order chi connectivity index (χ1) is 7.95. The maximum absolute atomic E-state index is 11.7. The van der Waals surface area contributed by atoms with Crippen LogP contribution in [-0.4, -0.2) is 23.8 Å². The second-order valence-electron chi connectivity index (χ2n) is 3.45. The number of ketones is 1. The predicted molar refractivity (Wildman–Crippen MR) is 61.1 cm³/mol. The number of methoxy groups -OCH3 is 1. The summed E-state index contributed by atoms with van der Waals surface area (Å²) in [6.07, 6.45) is -0.00958. The summed E-state index contributed by atoms with van der Waals surface area (Å²) in [4.78, 5) is 33.0. The lowest BCUT2D eigenvalue weighted by Crippen LogP contribution is -2.16. The molecule has 7 heteroatoms. The van der Waals surface area contributed by atoms with Gasteiger partial charge in [0, 0.05) is 12.5 Å². The summed E-state index contributed by atoms with van der Waals surface area (Å²) in [5, 5.41) is 10.4. The molecule has 6 nitrogen and oxygen atoms in total. The third-order valence-electron chi connectivity index (χ3n) is 2.14. The number of rotatable bonds is 5. The van der Waals surface area contributed by atoms with Crippen LogP contribution in [0.3, 0.4) is 0 Å². The van der Waals surface area contributed by atoms with Crippen LogP contribution >= 0.6 is 11.3 Å². The Bertz CT molecular complexity index is 453. The van der Waals surface area contributed by atoms with E-state index < -0.39 is 16.8 Å². The topological polar surface area (TPSA) is 86.5 Å². The number of thiophene rings is 1. The van der Waals surface area contributed by atoms with Crippen molar-refractivity contribution < 1.29 is 19.2 Å². The van der Waals surface area contributed by atoms with Crippen LogP contribution in [-0.2, 0) is 9.53 Å². The van der Waals surface area contributed by atoms with E-state index in [1.165, 1.54) is 19.2 Å². The molecule has 92 valence electrons. The van der Waals surface area contributed by atoms with Crippen LogP contribution in [0.1, 0.15) is 23.0 Å². The molecule has 1 atom stereocenters. The van der Waals surface area contributed by atoms with Gasteiger partial charge in [-0.1, -0.05) is 18.3 Å². The number of ether oxygens (including phenoxy) is 1. The van der Waals surface area contributed by atoms with Crippen LogP contribution in [0.4, 0.5) is 5.00 Å². The van der Waals surface area contributed by atoms with E-state index in [1.54, 1.807) is 6.92 Å². The van der Waals surface area contributed by atoms with Crippen LogP contribution < -0.4 is 0 Å². The molecule has 1 aromatic heterocycles. The van der Waals surface area contributed by atoms with E-state index in [2.05, 4.69) is 4.74 Å². The number of carbonyl (C=O) groups is 2. The molecule has 1 heterocycles. The monoisotopic (exact) mass is 257 g/mol. The minimum absolute atomic E-state index is 0.00958. The van der Waals surface area contributed by atoms with Gasteiger partial charge in [0.05, 0.1) is 22.8 Å². The fraction of sp³-hybridized carbons (Fsp3) is 0.400. The van der Waals surface area contributed by atoms with E-state index in [4.69, 9.17) is 0 Å². The Morgan fingerprint density at radius 1 is 1.53 bits per heavy atom. The van der Waals surface area contributed by atoms with Crippen LogP contribution in [0.25, 0.3) is 0 Å². The van der Waals surface area contributed by atoms with Crippen molar-refractivity contribution in [2.45, 2.75) is 13.3 Å². The van der Waals surface area contributed by atoms with Gasteiger partial charge >= 0.3 is 11.0 Å². The molecule has 0 aliphatic rings. The molecular formula is C10H11NO5S. The van der Waals surface area contributed by atoms with Crippen molar-refractivity contribution >= 4 is 28.1 Å². The lowest BCUT2D eigenvalue weighted by Gasteiger charge is -2.06. The van der Waals surface area contributed by atoms with Gasteiger partial charge in [-0.3, -0.25) is 19.7 Å². The summed E-state index contributed by atoms with van der Waals surface area (Å²) in [6.45, 7) is 1.58. The molecule has 1 unspecified atom stereocenters. The zero-order chi connectivity index (χ0) is 13.0. The Labute approximate surface area is 101 Å². The molecule has 0 bridgehead atoms. The van der Waals surface area contributed by atoms with Crippen LogP contribution in [0.15, 0.2) is 12.1 Å². The van der Waals surface area contributed by atoms with E-state index in [1.807, 2.05) is 0 Å². The lowest BCUT2D eigenvalue weighted by molar-refractivity contribution is -0.380. The van der Waals surface area contributed by atoms with Gasteiger partial charge in [-0.05, 0) is 6.07 Å². The highest BCUT2D eigenvalue weighted by molar-refractivity contribution is 7.17. The fourth-order valence-electron chi connectivity index (χ4n) is 1.24. The number of esters is 1. The Morgan fingerprint density at radius 2 is 2.18 bits per heavy atom. The molecule has 0 spiro atoms. The van der Waals surface area contributed by atoms with Crippen molar-refractivity contribution in [1.82, 2.24) is 0 Å². The quantitative estimate of drug-likeness (QED) is 0.348. The highest BCUT2D eigenvalue weighted by Gasteiger charge is 2.21. The van der Waals surface area contributed by atoms with E-state index in [-0.39, 0.29) is 22.1 Å². The average molecular weight is 257 g/mol. The fourth-order valence-corrected chi connectivity index (χ4v) is 2.01. The number of nitro groups is 1. The summed E-state index contributed by atoms with van der Waals surface area (Å²) in [5.41, 5.74) is 0. The van der Waals surface area contributed by atoms with E-state index >= 15 is 0 Å². The van der Waals surface area contributed by atoms with Crippen molar-refractivity contribution in [2.24, 2.45) is 5.92 Å². The van der Waals surface area contributed by atoms with Crippen molar-refractivity contribution in [1.29, 1.82) is 0 Å². The van der Waals surface area contributed by atoms with Crippen LogP contribution in [0.2, 0.25) is 0 Å². The molecular weight excluding hydrogens is 246 g/mol. The molecule has 0 fully saturated rings. The van der Waals surface area contributed by atoms with Crippen molar-refractivity contribution in [3.8, 4) is 0 Å². The summed E-state index contributed by atoms with van der Waals surface area (Å²) in [7, 11) is 1.25. The average Bonchev–Trinajstić information content (AvgIpc) is 2.77. The molecule has 0 radical (unpaired) electrons. The summed E-state index contributed by atoms with van der Waals surface area (Å²) >= 11 is 0.810. The number of carbonyl (C=O) groups excluding carboxylic acids is 2. The van der Waals surface area contributed by atoms with Crippen molar-refractivity contribution in [3.05, 3.63) is 27.1 Å². The molecule has 1 aromatic rings. The molecule has 0 N–H and O–H groups in total. The summed E-state index contributed by atoms with van der Waals surface area (Å²) in [6, 6.07) is 2.68. The Kier molecular flexibility index (Phi) is 4.33. The van der Waals surface area contributed by atoms with Crippen molar-refractivity contribution in [2.75, 3.05) is 7.11 Å². The van der Waals surface area contributed by atoms with E-state index in [0.29, 0.717) is 0 Å². The van der Waals surface area contributed by atoms with Gasteiger partial charge in [-0.15, -0.1) is 0 Å². The zero-order valence-corrected chi connectivity index (χ0v) is 10.2. The Morgan fingerprint density at radius 3 is 2.65 bits per heavy atom. The van der Waals surface area contributed by atoms with Crippen LogP contribution in [0, 0.1) is 16.0 Å². The second-order valence-corrected chi connectivity index (χ2v) is 4.51.